The molecule has 0 saturated heterocycles. The number of benzene rings is 2. The minimum absolute atomic E-state index is 0.197. The zero-order valence-electron chi connectivity index (χ0n) is 13.8. The molecule has 2 aromatic carbocycles. The molecule has 4 rings (SSSR count). The molecular weight excluding hydrogens is 430 g/mol. The lowest BCUT2D eigenvalue weighted by Gasteiger charge is -2.08. The van der Waals surface area contributed by atoms with Gasteiger partial charge < -0.3 is 5.32 Å². The van der Waals surface area contributed by atoms with Crippen molar-refractivity contribution in [3.05, 3.63) is 69.4 Å². The number of amides is 1. The fraction of sp³-hybridized carbons (Fsp3) is 0.0556. The SMILES string of the molecule is O=C(Cn1nc(-c2ccc(Br)cc2)ccc1=O)Nc1cccc2nsnc12. The van der Waals surface area contributed by atoms with Crippen molar-refractivity contribution in [2.45, 2.75) is 6.54 Å². The van der Waals surface area contributed by atoms with Gasteiger partial charge in [0.05, 0.1) is 23.1 Å². The van der Waals surface area contributed by atoms with Crippen molar-refractivity contribution in [2.24, 2.45) is 0 Å². The first-order valence-electron chi connectivity index (χ1n) is 7.95. The molecule has 0 aliphatic carbocycles. The number of anilines is 1. The highest BCUT2D eigenvalue weighted by Gasteiger charge is 2.11. The van der Waals surface area contributed by atoms with Crippen molar-refractivity contribution in [3.63, 3.8) is 0 Å². The fourth-order valence-corrected chi connectivity index (χ4v) is 3.38. The van der Waals surface area contributed by atoms with E-state index in [1.165, 1.54) is 6.07 Å². The fourth-order valence-electron chi connectivity index (χ4n) is 2.57. The third kappa shape index (κ3) is 3.79. The lowest BCUT2D eigenvalue weighted by atomic mass is 10.1. The van der Waals surface area contributed by atoms with E-state index in [0.29, 0.717) is 22.4 Å². The van der Waals surface area contributed by atoms with E-state index in [-0.39, 0.29) is 18.0 Å². The molecule has 1 amide bonds. The lowest BCUT2D eigenvalue weighted by molar-refractivity contribution is -0.117. The second-order valence-corrected chi connectivity index (χ2v) is 7.15. The highest BCUT2D eigenvalue weighted by atomic mass is 79.9. The summed E-state index contributed by atoms with van der Waals surface area (Å²) in [6.45, 7) is -0.197. The van der Waals surface area contributed by atoms with E-state index in [1.54, 1.807) is 18.2 Å². The van der Waals surface area contributed by atoms with Crippen molar-refractivity contribution < 1.29 is 4.79 Å². The lowest BCUT2D eigenvalue weighted by Crippen LogP contribution is -2.29. The van der Waals surface area contributed by atoms with Gasteiger partial charge in [-0.3, -0.25) is 9.59 Å². The van der Waals surface area contributed by atoms with Crippen LogP contribution in [-0.2, 0) is 11.3 Å². The highest BCUT2D eigenvalue weighted by Crippen LogP contribution is 2.21. The molecule has 0 spiro atoms. The number of carbonyl (C=O) groups excluding carboxylic acids is 1. The Balaban J connectivity index is 1.57. The number of nitrogens with one attached hydrogen (secondary N) is 1. The average molecular weight is 442 g/mol. The molecule has 0 aliphatic heterocycles. The molecule has 0 aliphatic rings. The highest BCUT2D eigenvalue weighted by molar-refractivity contribution is 9.10. The molecule has 0 fully saturated rings. The largest absolute Gasteiger partial charge is 0.322 e. The van der Waals surface area contributed by atoms with Gasteiger partial charge >= 0.3 is 0 Å². The quantitative estimate of drug-likeness (QED) is 0.524. The molecule has 9 heteroatoms. The summed E-state index contributed by atoms with van der Waals surface area (Å²) in [5.74, 6) is -0.363. The second kappa shape index (κ2) is 7.37. The van der Waals surface area contributed by atoms with Crippen LogP contribution in [0.5, 0.6) is 0 Å². The van der Waals surface area contributed by atoms with E-state index < -0.39 is 0 Å². The van der Waals surface area contributed by atoms with E-state index in [4.69, 9.17) is 0 Å². The first kappa shape index (κ1) is 17.5. The maximum atomic E-state index is 12.4. The van der Waals surface area contributed by atoms with Crippen LogP contribution in [0, 0.1) is 0 Å². The maximum Gasteiger partial charge on any atom is 0.267 e. The van der Waals surface area contributed by atoms with E-state index >= 15 is 0 Å². The van der Waals surface area contributed by atoms with E-state index in [0.717, 1.165) is 26.4 Å². The van der Waals surface area contributed by atoms with Crippen LogP contribution in [0.4, 0.5) is 5.69 Å². The van der Waals surface area contributed by atoms with Crippen LogP contribution in [0.15, 0.2) is 63.9 Å². The molecule has 0 radical (unpaired) electrons. The first-order chi connectivity index (χ1) is 13.1. The van der Waals surface area contributed by atoms with Crippen LogP contribution < -0.4 is 10.9 Å². The minimum atomic E-state index is -0.363. The Labute approximate surface area is 166 Å². The molecule has 2 heterocycles. The van der Waals surface area contributed by atoms with Crippen molar-refractivity contribution in [2.75, 3.05) is 5.32 Å². The molecule has 4 aromatic rings. The molecule has 1 N–H and O–H groups in total. The Kier molecular flexibility index (Phi) is 4.78. The Bertz CT molecular complexity index is 1190. The molecule has 27 heavy (non-hydrogen) atoms. The van der Waals surface area contributed by atoms with Gasteiger partial charge in [0.15, 0.2) is 0 Å². The summed E-state index contributed by atoms with van der Waals surface area (Å²) in [4.78, 5) is 24.5. The predicted octanol–water partition coefficient (Wildman–Crippen LogP) is 3.32. The number of hydrogen-bond acceptors (Lipinski definition) is 6. The zero-order valence-corrected chi connectivity index (χ0v) is 16.2. The summed E-state index contributed by atoms with van der Waals surface area (Å²) in [5, 5.41) is 7.08. The topological polar surface area (TPSA) is 89.8 Å². The smallest absolute Gasteiger partial charge is 0.267 e. The number of halogens is 1. The Morgan fingerprint density at radius 1 is 1.07 bits per heavy atom. The number of fused-ring (bicyclic) bond motifs is 1. The Morgan fingerprint density at radius 3 is 2.70 bits per heavy atom. The van der Waals surface area contributed by atoms with Crippen molar-refractivity contribution in [3.8, 4) is 11.3 Å². The van der Waals surface area contributed by atoms with Crippen LogP contribution in [0.2, 0.25) is 0 Å². The van der Waals surface area contributed by atoms with E-state index in [1.807, 2.05) is 30.3 Å². The summed E-state index contributed by atoms with van der Waals surface area (Å²) in [5.41, 5.74) is 3.01. The molecule has 0 bridgehead atoms. The van der Waals surface area contributed by atoms with Crippen LogP contribution in [0.25, 0.3) is 22.3 Å². The van der Waals surface area contributed by atoms with Crippen LogP contribution >= 0.6 is 27.7 Å². The molecule has 2 aromatic heterocycles. The van der Waals surface area contributed by atoms with Gasteiger partial charge in [0, 0.05) is 16.1 Å². The van der Waals surface area contributed by atoms with Crippen molar-refractivity contribution >= 4 is 50.3 Å². The Hall–Kier alpha value is -2.91. The van der Waals surface area contributed by atoms with E-state index in [9.17, 15) is 9.59 Å². The first-order valence-corrected chi connectivity index (χ1v) is 9.48. The molecule has 0 atom stereocenters. The number of nitrogens with zero attached hydrogens (tertiary/aromatic N) is 4. The number of carbonyl (C=O) groups is 1. The van der Waals surface area contributed by atoms with Gasteiger partial charge in [-0.05, 0) is 30.3 Å². The standard InChI is InChI=1S/C18H12BrN5O2S/c19-12-6-4-11(5-7-12)13-8-9-17(26)24(21-13)10-16(25)20-14-2-1-3-15-18(14)23-27-22-15/h1-9H,10H2,(H,20,25). The molecular formula is C18H12BrN5O2S. The van der Waals surface area contributed by atoms with Gasteiger partial charge in [-0.25, -0.2) is 4.68 Å². The van der Waals surface area contributed by atoms with Gasteiger partial charge in [0.2, 0.25) is 5.91 Å². The third-order valence-electron chi connectivity index (χ3n) is 3.86. The van der Waals surface area contributed by atoms with Crippen molar-refractivity contribution in [1.82, 2.24) is 18.5 Å². The monoisotopic (exact) mass is 441 g/mol. The van der Waals surface area contributed by atoms with Crippen molar-refractivity contribution in [1.29, 1.82) is 0 Å². The summed E-state index contributed by atoms with van der Waals surface area (Å²) < 4.78 is 10.4. The Morgan fingerprint density at radius 2 is 1.89 bits per heavy atom. The minimum Gasteiger partial charge on any atom is -0.322 e. The normalized spacial score (nSPS) is 10.9. The zero-order chi connectivity index (χ0) is 18.8. The van der Waals surface area contributed by atoms with E-state index in [2.05, 4.69) is 35.1 Å². The summed E-state index contributed by atoms with van der Waals surface area (Å²) in [6.07, 6.45) is 0. The van der Waals surface area contributed by atoms with Gasteiger partial charge in [-0.1, -0.05) is 34.1 Å². The molecule has 7 nitrogen and oxygen atoms in total. The molecule has 134 valence electrons. The van der Waals surface area contributed by atoms with Gasteiger partial charge in [0.25, 0.3) is 5.56 Å². The summed E-state index contributed by atoms with van der Waals surface area (Å²) in [6, 6.07) is 16.0. The second-order valence-electron chi connectivity index (χ2n) is 5.71. The molecule has 0 unspecified atom stereocenters. The third-order valence-corrected chi connectivity index (χ3v) is 4.93. The maximum absolute atomic E-state index is 12.4. The van der Waals surface area contributed by atoms with Gasteiger partial charge in [-0.15, -0.1) is 0 Å². The number of rotatable bonds is 4. The predicted molar refractivity (Wildman–Crippen MR) is 108 cm³/mol. The van der Waals surface area contributed by atoms with Gasteiger partial charge in [0.1, 0.15) is 17.6 Å². The number of aromatic nitrogens is 4. The van der Waals surface area contributed by atoms with Crippen LogP contribution in [0.1, 0.15) is 0 Å². The number of hydrogen-bond donors (Lipinski definition) is 1. The van der Waals surface area contributed by atoms with Crippen LogP contribution in [-0.4, -0.2) is 24.4 Å². The average Bonchev–Trinajstić information content (AvgIpc) is 3.14. The van der Waals surface area contributed by atoms with Crippen LogP contribution in [0.3, 0.4) is 0 Å². The van der Waals surface area contributed by atoms with Gasteiger partial charge in [-0.2, -0.15) is 13.8 Å². The molecule has 0 saturated carbocycles. The summed E-state index contributed by atoms with van der Waals surface area (Å²) >= 11 is 4.46. The summed E-state index contributed by atoms with van der Waals surface area (Å²) in [7, 11) is 0.